The summed E-state index contributed by atoms with van der Waals surface area (Å²) >= 11 is -2.28. The Morgan fingerprint density at radius 2 is 2.11 bits per heavy atom. The molecule has 0 aliphatic heterocycles. The lowest BCUT2D eigenvalue weighted by Gasteiger charge is -2.16. The zero-order valence-electron chi connectivity index (χ0n) is 9.92. The molecular weight excluding hydrogens is 246 g/mol. The van der Waals surface area contributed by atoms with E-state index in [1.807, 2.05) is 18.2 Å². The molecule has 0 aliphatic rings. The Balaban J connectivity index is 2.72. The fourth-order valence-electron chi connectivity index (χ4n) is 1.87. The van der Waals surface area contributed by atoms with Crippen LogP contribution in [0.1, 0.15) is 12.5 Å². The highest BCUT2D eigenvalue weighted by Crippen LogP contribution is 2.31. The van der Waals surface area contributed by atoms with E-state index < -0.39 is 11.1 Å². The second-order valence-electron chi connectivity index (χ2n) is 3.94. The average molecular weight is 258 g/mol. The molecule has 3 nitrogen and oxygen atoms in total. The van der Waals surface area contributed by atoms with Crippen molar-refractivity contribution in [3.63, 3.8) is 0 Å². The van der Waals surface area contributed by atoms with Gasteiger partial charge in [-0.1, -0.05) is 24.8 Å². The number of hydrogen-bond donors (Lipinski definition) is 0. The first-order chi connectivity index (χ1) is 8.61. The van der Waals surface area contributed by atoms with Gasteiger partial charge in [0.1, 0.15) is 0 Å². The third kappa shape index (κ3) is 2.39. The second kappa shape index (κ2) is 5.25. The van der Waals surface area contributed by atoms with Crippen LogP contribution >= 0.6 is 0 Å². The van der Waals surface area contributed by atoms with Crippen molar-refractivity contribution < 1.29 is 8.76 Å². The van der Waals surface area contributed by atoms with Gasteiger partial charge in [-0.2, -0.15) is 0 Å². The molecule has 2 aromatic rings. The van der Waals surface area contributed by atoms with E-state index >= 15 is 0 Å². The minimum Gasteiger partial charge on any atom is -0.768 e. The third-order valence-electron chi connectivity index (χ3n) is 2.61. The topological polar surface area (TPSA) is 53.0 Å². The van der Waals surface area contributed by atoms with Gasteiger partial charge in [-0.3, -0.25) is 9.19 Å². The highest BCUT2D eigenvalue weighted by Gasteiger charge is 2.11. The van der Waals surface area contributed by atoms with Gasteiger partial charge in [-0.15, -0.1) is 0 Å². The number of pyridine rings is 1. The monoisotopic (exact) mass is 258 g/mol. The van der Waals surface area contributed by atoms with Crippen LogP contribution in [0.5, 0.6) is 0 Å². The van der Waals surface area contributed by atoms with Crippen molar-refractivity contribution in [1.82, 2.24) is 4.98 Å². The normalized spacial score (nSPS) is 12.1. The maximum atomic E-state index is 11.3. The Bertz CT molecular complexity index is 608. The summed E-state index contributed by atoms with van der Waals surface area (Å²) in [5.41, 5.74) is 3.08. The zero-order valence-corrected chi connectivity index (χ0v) is 10.7. The summed E-state index contributed by atoms with van der Waals surface area (Å²) in [6.45, 7) is 5.66. The van der Waals surface area contributed by atoms with Crippen LogP contribution in [0.15, 0.2) is 54.2 Å². The van der Waals surface area contributed by atoms with Crippen LogP contribution in [0.4, 0.5) is 0 Å². The van der Waals surface area contributed by atoms with Crippen molar-refractivity contribution in [2.45, 2.75) is 11.8 Å². The summed E-state index contributed by atoms with van der Waals surface area (Å²) in [4.78, 5) is 4.32. The van der Waals surface area contributed by atoms with Crippen molar-refractivity contribution in [1.29, 1.82) is 0 Å². The fraction of sp³-hybridized carbons (Fsp3) is 0.0714. The zero-order chi connectivity index (χ0) is 13.1. The molecule has 0 amide bonds. The Kier molecular flexibility index (Phi) is 3.69. The van der Waals surface area contributed by atoms with E-state index in [-0.39, 0.29) is 4.90 Å². The number of nitrogens with zero attached hydrogens (tertiary/aromatic N) is 1. The van der Waals surface area contributed by atoms with Gasteiger partial charge in [-0.25, -0.2) is 0 Å². The molecule has 4 heteroatoms. The lowest BCUT2D eigenvalue weighted by atomic mass is 9.97. The molecule has 1 aromatic heterocycles. The average Bonchev–Trinajstić information content (AvgIpc) is 2.38. The number of benzene rings is 1. The summed E-state index contributed by atoms with van der Waals surface area (Å²) in [5, 5.41) is 0. The van der Waals surface area contributed by atoms with E-state index in [1.54, 1.807) is 31.5 Å². The molecule has 0 saturated carbocycles. The van der Waals surface area contributed by atoms with Crippen LogP contribution in [-0.2, 0) is 11.1 Å². The summed E-state index contributed by atoms with van der Waals surface area (Å²) in [7, 11) is 0. The van der Waals surface area contributed by atoms with Gasteiger partial charge in [0.25, 0.3) is 0 Å². The van der Waals surface area contributed by atoms with E-state index in [4.69, 9.17) is 0 Å². The second-order valence-corrected chi connectivity index (χ2v) is 4.84. The molecule has 1 heterocycles. The maximum absolute atomic E-state index is 11.3. The highest BCUT2D eigenvalue weighted by atomic mass is 32.2. The van der Waals surface area contributed by atoms with Crippen molar-refractivity contribution in [2.24, 2.45) is 0 Å². The maximum Gasteiger partial charge on any atom is 0.0346 e. The standard InChI is InChI=1S/C14H13NO2S/c1-10(2)14-12(11-5-4-8-15-9-11)6-3-7-13(14)18(16)17/h3-9H,1H2,2H3,(H,16,17)/p-1. The molecule has 0 fully saturated rings. The molecule has 0 aliphatic carbocycles. The predicted molar refractivity (Wildman–Crippen MR) is 71.6 cm³/mol. The minimum absolute atomic E-state index is 0.267. The summed E-state index contributed by atoms with van der Waals surface area (Å²) in [6, 6.07) is 8.88. The van der Waals surface area contributed by atoms with Gasteiger partial charge in [-0.05, 0) is 46.8 Å². The van der Waals surface area contributed by atoms with Gasteiger partial charge >= 0.3 is 0 Å². The quantitative estimate of drug-likeness (QED) is 0.795. The third-order valence-corrected chi connectivity index (χ3v) is 3.30. The van der Waals surface area contributed by atoms with Crippen molar-refractivity contribution in [3.05, 3.63) is 54.9 Å². The van der Waals surface area contributed by atoms with Crippen LogP contribution in [0.25, 0.3) is 16.7 Å². The molecule has 2 rings (SSSR count). The van der Waals surface area contributed by atoms with Crippen LogP contribution in [0.2, 0.25) is 0 Å². The molecule has 0 N–H and O–H groups in total. The Morgan fingerprint density at radius 1 is 1.33 bits per heavy atom. The number of allylic oxidation sites excluding steroid dienone is 1. The van der Waals surface area contributed by atoms with Gasteiger partial charge in [0.2, 0.25) is 0 Å². The van der Waals surface area contributed by atoms with Crippen molar-refractivity contribution >= 4 is 16.7 Å². The van der Waals surface area contributed by atoms with Crippen LogP contribution in [0.3, 0.4) is 0 Å². The Hall–Kier alpha value is -1.78. The molecule has 1 unspecified atom stereocenters. The van der Waals surface area contributed by atoms with Gasteiger partial charge in [0.05, 0.1) is 0 Å². The van der Waals surface area contributed by atoms with E-state index in [9.17, 15) is 8.76 Å². The number of hydrogen-bond acceptors (Lipinski definition) is 3. The Labute approximate surface area is 108 Å². The molecule has 1 aromatic carbocycles. The Morgan fingerprint density at radius 3 is 2.67 bits per heavy atom. The minimum atomic E-state index is -2.28. The van der Waals surface area contributed by atoms with E-state index in [2.05, 4.69) is 11.6 Å². The molecule has 0 saturated heterocycles. The molecule has 18 heavy (non-hydrogen) atoms. The largest absolute Gasteiger partial charge is 0.768 e. The number of rotatable bonds is 3. The smallest absolute Gasteiger partial charge is 0.0346 e. The van der Waals surface area contributed by atoms with Gasteiger partial charge < -0.3 is 4.55 Å². The van der Waals surface area contributed by atoms with Gasteiger partial charge in [0, 0.05) is 22.9 Å². The molecular formula is C14H12NO2S-. The first-order valence-corrected chi connectivity index (χ1v) is 6.47. The van der Waals surface area contributed by atoms with E-state index in [0.717, 1.165) is 11.1 Å². The van der Waals surface area contributed by atoms with Crippen molar-refractivity contribution in [3.8, 4) is 11.1 Å². The lowest BCUT2D eigenvalue weighted by Crippen LogP contribution is -1.97. The molecule has 0 radical (unpaired) electrons. The number of aromatic nitrogens is 1. The molecule has 1 atom stereocenters. The summed E-state index contributed by atoms with van der Waals surface area (Å²) in [5.74, 6) is 0. The summed E-state index contributed by atoms with van der Waals surface area (Å²) < 4.78 is 22.5. The first kappa shape index (κ1) is 12.7. The van der Waals surface area contributed by atoms with E-state index in [1.165, 1.54) is 0 Å². The van der Waals surface area contributed by atoms with Crippen LogP contribution in [0, 0.1) is 0 Å². The molecule has 0 bridgehead atoms. The van der Waals surface area contributed by atoms with Crippen LogP contribution < -0.4 is 0 Å². The van der Waals surface area contributed by atoms with Gasteiger partial charge in [0.15, 0.2) is 0 Å². The first-order valence-electron chi connectivity index (χ1n) is 5.40. The molecule has 92 valence electrons. The molecule has 0 spiro atoms. The van der Waals surface area contributed by atoms with Crippen LogP contribution in [-0.4, -0.2) is 13.7 Å². The lowest BCUT2D eigenvalue weighted by molar-refractivity contribution is 0.537. The SMILES string of the molecule is C=C(C)c1c(-c2cccnc2)cccc1S(=O)[O-]. The van der Waals surface area contributed by atoms with E-state index in [0.29, 0.717) is 11.1 Å². The fourth-order valence-corrected chi connectivity index (χ4v) is 2.51. The summed E-state index contributed by atoms with van der Waals surface area (Å²) in [6.07, 6.45) is 3.39. The van der Waals surface area contributed by atoms with Crippen molar-refractivity contribution in [2.75, 3.05) is 0 Å². The predicted octanol–water partition coefficient (Wildman–Crippen LogP) is 3.02. The highest BCUT2D eigenvalue weighted by molar-refractivity contribution is 7.79.